The van der Waals surface area contributed by atoms with Crippen molar-refractivity contribution in [2.24, 2.45) is 5.73 Å². The highest BCUT2D eigenvalue weighted by Crippen LogP contribution is 2.38. The van der Waals surface area contributed by atoms with E-state index in [0.717, 1.165) is 16.9 Å². The number of pyridine rings is 1. The number of nitrogens with two attached hydrogens (primary N) is 3. The lowest BCUT2D eigenvalue weighted by molar-refractivity contribution is 0.103. The Morgan fingerprint density at radius 3 is 2.43 bits per heavy atom. The molecule has 0 bridgehead atoms. The third-order valence-corrected chi connectivity index (χ3v) is 4.12. The Bertz CT molecular complexity index is 702. The molecule has 0 aliphatic heterocycles. The molecule has 6 nitrogen and oxygen atoms in total. The Morgan fingerprint density at radius 2 is 1.86 bits per heavy atom. The molecule has 0 fully saturated rings. The Hall–Kier alpha value is -2.54. The topological polar surface area (TPSA) is 120 Å². The summed E-state index contributed by atoms with van der Waals surface area (Å²) in [5.74, 6) is -0.302. The number of hydrogen-bond donors (Lipinski definition) is 4. The first-order chi connectivity index (χ1) is 9.91. The van der Waals surface area contributed by atoms with Crippen LogP contribution in [0.15, 0.2) is 30.2 Å². The summed E-state index contributed by atoms with van der Waals surface area (Å²) < 4.78 is 0. The van der Waals surface area contributed by atoms with Gasteiger partial charge in [0.25, 0.3) is 5.91 Å². The molecule has 0 saturated heterocycles. The number of allylic oxidation sites excluding steroid dienone is 2. The number of thiophene rings is 1. The molecule has 110 valence electrons. The molecule has 2 aromatic rings. The Balaban J connectivity index is 2.36. The lowest BCUT2D eigenvalue weighted by atomic mass is 10.1. The van der Waals surface area contributed by atoms with Gasteiger partial charge in [-0.1, -0.05) is 0 Å². The highest BCUT2D eigenvalue weighted by Gasteiger charge is 2.21. The lowest BCUT2D eigenvalue weighted by Crippen LogP contribution is -2.12. The van der Waals surface area contributed by atoms with Gasteiger partial charge in [-0.05, 0) is 31.6 Å². The Morgan fingerprint density at radius 1 is 1.24 bits per heavy atom. The van der Waals surface area contributed by atoms with E-state index >= 15 is 0 Å². The molecule has 2 aromatic heterocycles. The maximum Gasteiger partial charge on any atom is 0.267 e. The van der Waals surface area contributed by atoms with Crippen molar-refractivity contribution >= 4 is 39.2 Å². The molecule has 21 heavy (non-hydrogen) atoms. The smallest absolute Gasteiger partial charge is 0.267 e. The zero-order valence-electron chi connectivity index (χ0n) is 11.8. The summed E-state index contributed by atoms with van der Waals surface area (Å²) in [6, 6.07) is 3.39. The zero-order chi connectivity index (χ0) is 15.6. The van der Waals surface area contributed by atoms with Gasteiger partial charge >= 0.3 is 0 Å². The first-order valence-electron chi connectivity index (χ1n) is 6.24. The van der Waals surface area contributed by atoms with Crippen molar-refractivity contribution in [3.8, 4) is 0 Å². The van der Waals surface area contributed by atoms with Crippen molar-refractivity contribution in [2.75, 3.05) is 16.8 Å². The van der Waals surface area contributed by atoms with Crippen LogP contribution in [0.3, 0.4) is 0 Å². The molecule has 0 radical (unpaired) electrons. The standard InChI is InChI=1S/C14H17N5OS/c1-7(8(2)15)10-11(16)12(21-13(10)17)14(20)19-9-3-5-18-6-4-9/h3-6H,15-17H2,1-2H3,(H,18,19,20)/b8-7-. The average molecular weight is 303 g/mol. The first-order valence-corrected chi connectivity index (χ1v) is 7.06. The molecule has 0 atom stereocenters. The second-order valence-corrected chi connectivity index (χ2v) is 5.63. The SMILES string of the molecule is C/C(N)=C(\C)c1c(N)sc(C(=O)Nc2ccncc2)c1N. The molecular formula is C14H17N5OS. The number of anilines is 3. The first kappa shape index (κ1) is 14.9. The number of nitrogens with one attached hydrogen (secondary N) is 1. The number of aromatic nitrogens is 1. The van der Waals surface area contributed by atoms with Crippen molar-refractivity contribution in [2.45, 2.75) is 13.8 Å². The van der Waals surface area contributed by atoms with E-state index < -0.39 is 0 Å². The van der Waals surface area contributed by atoms with Crippen molar-refractivity contribution in [1.82, 2.24) is 4.98 Å². The molecule has 7 N–H and O–H groups in total. The van der Waals surface area contributed by atoms with Crippen LogP contribution in [-0.2, 0) is 0 Å². The molecule has 0 spiro atoms. The summed E-state index contributed by atoms with van der Waals surface area (Å²) in [5, 5.41) is 3.24. The minimum absolute atomic E-state index is 0.302. The van der Waals surface area contributed by atoms with Gasteiger partial charge in [0.05, 0.1) is 10.7 Å². The fraction of sp³-hybridized carbons (Fsp3) is 0.143. The molecule has 0 unspecified atom stereocenters. The van der Waals surface area contributed by atoms with Crippen molar-refractivity contribution in [3.63, 3.8) is 0 Å². The third kappa shape index (κ3) is 2.97. The third-order valence-electron chi connectivity index (χ3n) is 3.08. The summed E-state index contributed by atoms with van der Waals surface area (Å²) in [5.41, 5.74) is 20.9. The molecule has 2 rings (SSSR count). The molecule has 0 saturated carbocycles. The van der Waals surface area contributed by atoms with Crippen molar-refractivity contribution in [3.05, 3.63) is 40.7 Å². The summed E-state index contributed by atoms with van der Waals surface area (Å²) in [4.78, 5) is 16.6. The van der Waals surface area contributed by atoms with Gasteiger partial charge in [0.1, 0.15) is 4.88 Å². The van der Waals surface area contributed by atoms with Crippen LogP contribution in [0.4, 0.5) is 16.4 Å². The normalized spacial score (nSPS) is 11.9. The number of nitrogens with zero attached hydrogens (tertiary/aromatic N) is 1. The minimum atomic E-state index is -0.302. The van der Waals surface area contributed by atoms with E-state index in [1.54, 1.807) is 31.5 Å². The van der Waals surface area contributed by atoms with E-state index in [9.17, 15) is 4.79 Å². The van der Waals surface area contributed by atoms with Crippen LogP contribution >= 0.6 is 11.3 Å². The summed E-state index contributed by atoms with van der Waals surface area (Å²) in [6.45, 7) is 3.59. The quantitative estimate of drug-likeness (QED) is 0.693. The number of carbonyl (C=O) groups is 1. The highest BCUT2D eigenvalue weighted by molar-refractivity contribution is 7.18. The molecule has 1 amide bonds. The number of hydrogen-bond acceptors (Lipinski definition) is 6. The molecule has 7 heteroatoms. The van der Waals surface area contributed by atoms with Crippen LogP contribution in [0.1, 0.15) is 29.1 Å². The number of rotatable bonds is 3. The van der Waals surface area contributed by atoms with Gasteiger partial charge in [0.15, 0.2) is 0 Å². The van der Waals surface area contributed by atoms with Gasteiger partial charge in [-0.2, -0.15) is 0 Å². The maximum absolute atomic E-state index is 12.3. The van der Waals surface area contributed by atoms with Gasteiger partial charge in [0.2, 0.25) is 0 Å². The van der Waals surface area contributed by atoms with Crippen LogP contribution in [0.2, 0.25) is 0 Å². The number of amides is 1. The fourth-order valence-corrected chi connectivity index (χ4v) is 2.78. The Kier molecular flexibility index (Phi) is 4.13. The van der Waals surface area contributed by atoms with Gasteiger partial charge in [-0.3, -0.25) is 9.78 Å². The monoisotopic (exact) mass is 303 g/mol. The van der Waals surface area contributed by atoms with Gasteiger partial charge in [0, 0.05) is 29.3 Å². The van der Waals surface area contributed by atoms with Crippen molar-refractivity contribution in [1.29, 1.82) is 0 Å². The van der Waals surface area contributed by atoms with Crippen LogP contribution in [0.25, 0.3) is 5.57 Å². The van der Waals surface area contributed by atoms with E-state index in [1.807, 2.05) is 6.92 Å². The molecule has 0 aromatic carbocycles. The molecular weight excluding hydrogens is 286 g/mol. The van der Waals surface area contributed by atoms with E-state index in [4.69, 9.17) is 17.2 Å². The number of carbonyl (C=O) groups excluding carboxylic acids is 1. The van der Waals surface area contributed by atoms with E-state index in [0.29, 0.717) is 32.5 Å². The minimum Gasteiger partial charge on any atom is -0.402 e. The second-order valence-electron chi connectivity index (χ2n) is 4.58. The number of nitrogen functional groups attached to an aromatic ring is 2. The van der Waals surface area contributed by atoms with E-state index in [1.165, 1.54) is 0 Å². The lowest BCUT2D eigenvalue weighted by Gasteiger charge is -2.06. The summed E-state index contributed by atoms with van der Waals surface area (Å²) in [7, 11) is 0. The van der Waals surface area contributed by atoms with Crippen molar-refractivity contribution < 1.29 is 4.79 Å². The van der Waals surface area contributed by atoms with Crippen LogP contribution < -0.4 is 22.5 Å². The summed E-state index contributed by atoms with van der Waals surface area (Å²) >= 11 is 1.15. The van der Waals surface area contributed by atoms with Gasteiger partial charge in [-0.15, -0.1) is 11.3 Å². The fourth-order valence-electron chi connectivity index (χ4n) is 1.84. The molecule has 2 heterocycles. The second kappa shape index (κ2) is 5.84. The van der Waals surface area contributed by atoms with Crippen LogP contribution in [0, 0.1) is 0 Å². The largest absolute Gasteiger partial charge is 0.402 e. The predicted molar refractivity (Wildman–Crippen MR) is 87.8 cm³/mol. The molecule has 0 aliphatic carbocycles. The predicted octanol–water partition coefficient (Wildman–Crippen LogP) is 2.27. The van der Waals surface area contributed by atoms with E-state index in [-0.39, 0.29) is 5.91 Å². The average Bonchev–Trinajstić information content (AvgIpc) is 2.74. The van der Waals surface area contributed by atoms with Crippen LogP contribution in [0.5, 0.6) is 0 Å². The zero-order valence-corrected chi connectivity index (χ0v) is 12.6. The van der Waals surface area contributed by atoms with Gasteiger partial charge in [-0.25, -0.2) is 0 Å². The maximum atomic E-state index is 12.3. The highest BCUT2D eigenvalue weighted by atomic mass is 32.1. The summed E-state index contributed by atoms with van der Waals surface area (Å²) in [6.07, 6.45) is 3.19. The van der Waals surface area contributed by atoms with E-state index in [2.05, 4.69) is 10.3 Å². The Labute approximate surface area is 126 Å². The molecule has 0 aliphatic rings. The van der Waals surface area contributed by atoms with Gasteiger partial charge < -0.3 is 22.5 Å². The van der Waals surface area contributed by atoms with Crippen LogP contribution in [-0.4, -0.2) is 10.9 Å².